The number of carboxylic acids is 1. The fourth-order valence-corrected chi connectivity index (χ4v) is 6.04. The summed E-state index contributed by atoms with van der Waals surface area (Å²) in [5, 5.41) is 9.64. The van der Waals surface area contributed by atoms with Crippen LogP contribution in [-0.4, -0.2) is 64.5 Å². The topological polar surface area (TPSA) is 108 Å². The molecule has 1 N–H and O–H groups in total. The number of aliphatic carboxylic acids is 1. The van der Waals surface area contributed by atoms with E-state index in [4.69, 9.17) is 0 Å². The maximum Gasteiger partial charge on any atom is 0.353 e. The molecule has 1 aromatic heterocycles. The Balaban J connectivity index is 1.73. The Hall–Kier alpha value is -1.91. The van der Waals surface area contributed by atoms with Gasteiger partial charge >= 0.3 is 5.97 Å². The van der Waals surface area contributed by atoms with Gasteiger partial charge in [0, 0.05) is 34.7 Å². The van der Waals surface area contributed by atoms with Crippen molar-refractivity contribution in [2.24, 2.45) is 5.92 Å². The molecule has 4 rings (SSSR count). The lowest BCUT2D eigenvalue weighted by atomic mass is 9.82. The molecule has 132 valence electrons. The second-order valence-corrected chi connectivity index (χ2v) is 9.41. The number of pyridine rings is 1. The van der Waals surface area contributed by atoms with Crippen LogP contribution in [0.4, 0.5) is 0 Å². The van der Waals surface area contributed by atoms with E-state index >= 15 is 0 Å². The summed E-state index contributed by atoms with van der Waals surface area (Å²) in [5.41, 5.74) is -0.0281. The molecular weight excluding hydrogens is 366 g/mol. The van der Waals surface area contributed by atoms with E-state index in [-0.39, 0.29) is 24.2 Å². The van der Waals surface area contributed by atoms with Gasteiger partial charge in [-0.05, 0) is 18.6 Å². The van der Waals surface area contributed by atoms with E-state index in [0.29, 0.717) is 11.3 Å². The molecule has 1 aromatic rings. The molecule has 8 nitrogen and oxygen atoms in total. The fourth-order valence-electron chi connectivity index (χ4n) is 3.83. The van der Waals surface area contributed by atoms with E-state index < -0.39 is 27.9 Å². The molecule has 3 atom stereocenters. The number of hydrogen-bond donors (Lipinski definition) is 1. The first-order valence-electron chi connectivity index (χ1n) is 7.63. The predicted molar refractivity (Wildman–Crippen MR) is 88.8 cm³/mol. The van der Waals surface area contributed by atoms with Crippen LogP contribution in [0.25, 0.3) is 0 Å². The zero-order valence-electron chi connectivity index (χ0n) is 13.2. The first-order valence-corrected chi connectivity index (χ1v) is 10.3. The van der Waals surface area contributed by atoms with Crippen molar-refractivity contribution in [2.75, 3.05) is 12.8 Å². The van der Waals surface area contributed by atoms with Crippen LogP contribution in [0.15, 0.2) is 40.0 Å². The van der Waals surface area contributed by atoms with Crippen molar-refractivity contribution in [3.05, 3.63) is 35.1 Å². The summed E-state index contributed by atoms with van der Waals surface area (Å²) in [6.45, 7) is 0.240. The summed E-state index contributed by atoms with van der Waals surface area (Å²) in [4.78, 5) is 30.9. The second-order valence-electron chi connectivity index (χ2n) is 6.30. The van der Waals surface area contributed by atoms with Crippen molar-refractivity contribution < 1.29 is 23.1 Å². The van der Waals surface area contributed by atoms with Crippen LogP contribution in [0.1, 0.15) is 6.42 Å². The number of carbonyl (C=O) groups is 2. The molecule has 1 amide bonds. The molecule has 0 aromatic carbocycles. The Morgan fingerprint density at radius 1 is 1.36 bits per heavy atom. The van der Waals surface area contributed by atoms with Gasteiger partial charge in [-0.15, -0.1) is 0 Å². The van der Waals surface area contributed by atoms with Gasteiger partial charge in [-0.2, -0.15) is 4.31 Å². The van der Waals surface area contributed by atoms with Crippen LogP contribution in [-0.2, 0) is 19.6 Å². The van der Waals surface area contributed by atoms with Crippen LogP contribution in [0, 0.1) is 5.92 Å². The number of amides is 1. The SMILES string of the molecule is CS(=O)(=O)N1C[C@H]2CC(Sc3ccncc3)=C(C(=O)O)N3C(=O)[C@@H]1[C@@H]23. The van der Waals surface area contributed by atoms with Crippen LogP contribution in [0.2, 0.25) is 0 Å². The van der Waals surface area contributed by atoms with Gasteiger partial charge in [-0.1, -0.05) is 11.8 Å². The zero-order valence-corrected chi connectivity index (χ0v) is 14.8. The lowest BCUT2D eigenvalue weighted by molar-refractivity contribution is -0.155. The summed E-state index contributed by atoms with van der Waals surface area (Å²) in [7, 11) is -3.51. The molecule has 2 fully saturated rings. The number of carboxylic acid groups (broad SMARTS) is 1. The van der Waals surface area contributed by atoms with Gasteiger partial charge in [0.2, 0.25) is 15.9 Å². The maximum absolute atomic E-state index is 12.5. The number of rotatable bonds is 4. The summed E-state index contributed by atoms with van der Waals surface area (Å²) < 4.78 is 25.1. The molecule has 10 heteroatoms. The number of β-lactam (4-membered cyclic amide) rings is 1. The molecule has 3 aliphatic heterocycles. The number of aromatic nitrogens is 1. The zero-order chi connectivity index (χ0) is 17.9. The summed E-state index contributed by atoms with van der Waals surface area (Å²) in [5.74, 6) is -1.72. The summed E-state index contributed by atoms with van der Waals surface area (Å²) >= 11 is 1.29. The van der Waals surface area contributed by atoms with E-state index in [1.54, 1.807) is 24.5 Å². The number of carbonyl (C=O) groups excluding carboxylic acids is 1. The van der Waals surface area contributed by atoms with E-state index in [2.05, 4.69) is 4.98 Å². The Kier molecular flexibility index (Phi) is 3.67. The Bertz CT molecular complexity index is 899. The monoisotopic (exact) mass is 381 g/mol. The van der Waals surface area contributed by atoms with Crippen molar-refractivity contribution in [3.8, 4) is 0 Å². The molecule has 0 aliphatic carbocycles. The Labute approximate surface area is 148 Å². The summed E-state index contributed by atoms with van der Waals surface area (Å²) in [6, 6.07) is 2.39. The minimum absolute atomic E-state index is 0.0281. The third-order valence-electron chi connectivity index (χ3n) is 4.79. The van der Waals surface area contributed by atoms with Gasteiger partial charge in [0.15, 0.2) is 0 Å². The number of thioether (sulfide) groups is 1. The van der Waals surface area contributed by atoms with E-state index in [9.17, 15) is 23.1 Å². The fraction of sp³-hybridized carbons (Fsp3) is 0.400. The number of sulfonamides is 1. The predicted octanol–water partition coefficient (Wildman–Crippen LogP) is 0.344. The van der Waals surface area contributed by atoms with Gasteiger partial charge in [0.05, 0.1) is 12.3 Å². The third kappa shape index (κ3) is 2.47. The average molecular weight is 381 g/mol. The third-order valence-corrected chi connectivity index (χ3v) is 7.13. The molecule has 2 saturated heterocycles. The van der Waals surface area contributed by atoms with E-state index in [1.807, 2.05) is 0 Å². The lowest BCUT2D eigenvalue weighted by Gasteiger charge is -2.49. The average Bonchev–Trinajstić information content (AvgIpc) is 2.91. The molecule has 0 radical (unpaired) electrons. The van der Waals surface area contributed by atoms with E-state index in [0.717, 1.165) is 11.2 Å². The quantitative estimate of drug-likeness (QED) is 0.750. The molecular formula is C15H15N3O5S2. The summed E-state index contributed by atoms with van der Waals surface area (Å²) in [6.07, 6.45) is 4.74. The number of allylic oxidation sites excluding steroid dienone is 1. The largest absolute Gasteiger partial charge is 0.477 e. The van der Waals surface area contributed by atoms with Gasteiger partial charge < -0.3 is 5.11 Å². The standard InChI is InChI=1S/C15H15N3O5S2/c1-25(22,23)17-7-8-6-10(24-9-2-4-16-5-3-9)12(15(20)21)18-11(8)13(17)14(18)19/h2-5,8,11,13H,6-7H2,1H3,(H,20,21)/t8-,11-,13+/m1/s1. The van der Waals surface area contributed by atoms with Gasteiger partial charge in [-0.3, -0.25) is 14.7 Å². The lowest BCUT2D eigenvalue weighted by Crippen LogP contribution is -2.69. The van der Waals surface area contributed by atoms with Gasteiger partial charge in [0.25, 0.3) is 0 Å². The van der Waals surface area contributed by atoms with Crippen LogP contribution in [0.5, 0.6) is 0 Å². The van der Waals surface area contributed by atoms with Gasteiger partial charge in [0.1, 0.15) is 11.7 Å². The molecule has 4 heterocycles. The maximum atomic E-state index is 12.5. The Morgan fingerprint density at radius 3 is 2.64 bits per heavy atom. The minimum Gasteiger partial charge on any atom is -0.477 e. The highest BCUT2D eigenvalue weighted by Crippen LogP contribution is 2.50. The van der Waals surface area contributed by atoms with Crippen molar-refractivity contribution in [3.63, 3.8) is 0 Å². The molecule has 0 bridgehead atoms. The van der Waals surface area contributed by atoms with Crippen molar-refractivity contribution in [2.45, 2.75) is 23.4 Å². The number of hydrogen-bond acceptors (Lipinski definition) is 6. The number of nitrogens with zero attached hydrogens (tertiary/aromatic N) is 3. The van der Waals surface area contributed by atoms with Crippen molar-refractivity contribution >= 4 is 33.7 Å². The Morgan fingerprint density at radius 2 is 2.04 bits per heavy atom. The molecule has 0 unspecified atom stereocenters. The second kappa shape index (κ2) is 5.55. The first kappa shape index (κ1) is 16.6. The highest BCUT2D eigenvalue weighted by atomic mass is 32.2. The highest BCUT2D eigenvalue weighted by molar-refractivity contribution is 8.03. The van der Waals surface area contributed by atoms with Crippen molar-refractivity contribution in [1.82, 2.24) is 14.2 Å². The van der Waals surface area contributed by atoms with E-state index in [1.165, 1.54) is 21.0 Å². The molecule has 0 saturated carbocycles. The van der Waals surface area contributed by atoms with Crippen LogP contribution < -0.4 is 0 Å². The molecule has 0 spiro atoms. The van der Waals surface area contributed by atoms with Crippen molar-refractivity contribution in [1.29, 1.82) is 0 Å². The van der Waals surface area contributed by atoms with Crippen LogP contribution in [0.3, 0.4) is 0 Å². The smallest absolute Gasteiger partial charge is 0.353 e. The van der Waals surface area contributed by atoms with Crippen LogP contribution >= 0.6 is 11.8 Å². The first-order chi connectivity index (χ1) is 11.8. The minimum atomic E-state index is -3.51. The molecule has 25 heavy (non-hydrogen) atoms. The normalized spacial score (nSPS) is 28.8. The molecule has 3 aliphatic rings. The van der Waals surface area contributed by atoms with Gasteiger partial charge in [-0.25, -0.2) is 13.2 Å². The highest BCUT2D eigenvalue weighted by Gasteiger charge is 2.64.